The predicted molar refractivity (Wildman–Crippen MR) is 462 cm³/mol. The van der Waals surface area contributed by atoms with Crippen molar-refractivity contribution >= 4 is 109 Å². The molecule has 0 spiro atoms. The van der Waals surface area contributed by atoms with Gasteiger partial charge in [0.05, 0.1) is 38.6 Å². The number of fused-ring (bicyclic) bond motifs is 3. The molecule has 5 aromatic carbocycles. The highest BCUT2D eigenvalue weighted by atomic mass is 79.9. The molecule has 3 aliphatic rings. The van der Waals surface area contributed by atoms with E-state index in [1.807, 2.05) is 66.7 Å². The molecule has 3 saturated carbocycles. The van der Waals surface area contributed by atoms with Crippen LogP contribution < -0.4 is 29.5 Å². The van der Waals surface area contributed by atoms with E-state index in [-0.39, 0.29) is 91.2 Å². The summed E-state index contributed by atoms with van der Waals surface area (Å²) < 4.78 is 34.3. The van der Waals surface area contributed by atoms with Crippen LogP contribution in [0.1, 0.15) is 210 Å². The molecular formula is C90H105BrN16O14. The summed E-state index contributed by atoms with van der Waals surface area (Å²) in [6, 6.07) is 41.2. The van der Waals surface area contributed by atoms with Gasteiger partial charge in [0, 0.05) is 11.0 Å². The molecular weight excluding hydrogens is 1610 g/mol. The van der Waals surface area contributed by atoms with Crippen molar-refractivity contribution in [3.63, 3.8) is 0 Å². The first kappa shape index (κ1) is 87.9. The maximum Gasteiger partial charge on any atom is 0.417 e. The van der Waals surface area contributed by atoms with Gasteiger partial charge in [-0.1, -0.05) is 177 Å². The molecule has 0 aliphatic heterocycles. The fourth-order valence-electron chi connectivity index (χ4n) is 14.7. The topological polar surface area (TPSA) is 362 Å². The number of benzene rings is 5. The second-order valence-electron chi connectivity index (χ2n) is 33.4. The fraction of sp³-hybridized carbons (Fsp3) is 0.411. The molecule has 0 bridgehead atoms. The van der Waals surface area contributed by atoms with Crippen LogP contribution in [0.3, 0.4) is 0 Å². The number of hydrogen-bond acceptors (Lipinski definition) is 21. The predicted octanol–water partition coefficient (Wildman–Crippen LogP) is 19.6. The molecule has 636 valence electrons. The van der Waals surface area contributed by atoms with Gasteiger partial charge in [-0.3, -0.25) is 14.4 Å². The van der Waals surface area contributed by atoms with Crippen molar-refractivity contribution in [2.45, 2.75) is 232 Å². The molecule has 0 saturated heterocycles. The lowest BCUT2D eigenvalue weighted by Gasteiger charge is -2.27. The van der Waals surface area contributed by atoms with Gasteiger partial charge in [0.2, 0.25) is 17.8 Å². The van der Waals surface area contributed by atoms with E-state index in [0.29, 0.717) is 52.8 Å². The van der Waals surface area contributed by atoms with E-state index < -0.39 is 53.0 Å². The molecule has 0 atom stereocenters. The highest BCUT2D eigenvalue weighted by Crippen LogP contribution is 2.39. The summed E-state index contributed by atoms with van der Waals surface area (Å²) in [6.45, 7) is 19.6. The van der Waals surface area contributed by atoms with Crippen molar-refractivity contribution in [2.24, 2.45) is 0 Å². The Balaban J connectivity index is 0.000000166. The Bertz CT molecular complexity index is 5430. The number of ether oxygens (including phenoxy) is 5. The summed E-state index contributed by atoms with van der Waals surface area (Å²) in [6.07, 6.45) is 22.6. The normalized spacial score (nSPS) is 14.2. The third kappa shape index (κ3) is 24.4. The van der Waals surface area contributed by atoms with Gasteiger partial charge in [0.25, 0.3) is 11.8 Å². The van der Waals surface area contributed by atoms with E-state index in [0.717, 1.165) is 21.2 Å². The first-order valence-corrected chi connectivity index (χ1v) is 41.8. The summed E-state index contributed by atoms with van der Waals surface area (Å²) >= 11 is 3.44. The fourth-order valence-corrected chi connectivity index (χ4v) is 15.1. The van der Waals surface area contributed by atoms with Crippen LogP contribution in [-0.4, -0.2) is 133 Å². The van der Waals surface area contributed by atoms with Crippen LogP contribution >= 0.6 is 15.9 Å². The maximum absolute atomic E-state index is 13.6. The molecule has 30 nitrogen and oxygen atoms in total. The maximum atomic E-state index is 13.6. The molecule has 14 rings (SSSR count). The number of imidazole rings is 3. The first-order valence-electron chi connectivity index (χ1n) is 41.0. The van der Waals surface area contributed by atoms with Crippen molar-refractivity contribution in [3.8, 4) is 23.3 Å². The van der Waals surface area contributed by atoms with Crippen molar-refractivity contribution in [1.29, 1.82) is 0 Å². The molecule has 11 aromatic rings. The van der Waals surface area contributed by atoms with E-state index in [2.05, 4.69) is 109 Å². The molecule has 4 N–H and O–H groups in total. The van der Waals surface area contributed by atoms with Gasteiger partial charge in [-0.2, -0.15) is 29.9 Å². The number of halogens is 1. The zero-order valence-corrected chi connectivity index (χ0v) is 71.4. The quantitative estimate of drug-likeness (QED) is 0.0305. The molecule has 0 radical (unpaired) electrons. The van der Waals surface area contributed by atoms with Gasteiger partial charge in [-0.15, -0.1) is 6.58 Å². The molecule has 0 unspecified atom stereocenters. The molecule has 3 aliphatic carbocycles. The molecule has 3 amide bonds. The number of aromatic nitrogens is 12. The smallest absolute Gasteiger partial charge is 0.417 e. The third-order valence-electron chi connectivity index (χ3n) is 20.3. The highest BCUT2D eigenvalue weighted by Gasteiger charge is 2.34. The number of hydrogen-bond donors (Lipinski definition) is 4. The van der Waals surface area contributed by atoms with Crippen LogP contribution in [0.4, 0.5) is 38.0 Å². The molecule has 3 fully saturated rings. The minimum atomic E-state index is -1.06. The van der Waals surface area contributed by atoms with Crippen LogP contribution in [0.5, 0.6) is 23.3 Å². The van der Waals surface area contributed by atoms with E-state index in [9.17, 15) is 44.1 Å². The van der Waals surface area contributed by atoms with Crippen LogP contribution in [0.15, 0.2) is 164 Å². The number of para-hydroxylation sites is 1. The van der Waals surface area contributed by atoms with Gasteiger partial charge >= 0.3 is 36.2 Å². The zero-order valence-electron chi connectivity index (χ0n) is 69.8. The van der Waals surface area contributed by atoms with Crippen molar-refractivity contribution < 1.29 is 67.8 Å². The number of amides is 3. The number of aliphatic carboxylic acids is 3. The number of nitrogens with one attached hydrogen (secondary N) is 1. The number of anilines is 4. The minimum Gasteiger partial charge on any atom is -0.480 e. The average Bonchev–Trinajstić information content (AvgIpc) is 1.71. The third-order valence-corrected chi connectivity index (χ3v) is 20.8. The number of nitrogens with zero attached hydrogens (tertiary/aromatic N) is 15. The van der Waals surface area contributed by atoms with Crippen molar-refractivity contribution in [3.05, 3.63) is 197 Å². The van der Waals surface area contributed by atoms with Crippen molar-refractivity contribution in [2.75, 3.05) is 26.6 Å². The average molecular weight is 1710 g/mol. The van der Waals surface area contributed by atoms with Gasteiger partial charge in [-0.05, 0) is 182 Å². The Labute approximate surface area is 710 Å². The molecule has 6 aromatic heterocycles. The van der Waals surface area contributed by atoms with Crippen LogP contribution in [-0.2, 0) is 67.9 Å². The van der Waals surface area contributed by atoms with E-state index in [4.69, 9.17) is 23.7 Å². The first-order chi connectivity index (χ1) is 57.9. The number of carboxylic acid groups (broad SMARTS) is 3. The second kappa shape index (κ2) is 39.6. The van der Waals surface area contributed by atoms with Gasteiger partial charge in [0.15, 0.2) is 39.3 Å². The standard InChI is InChI=1S/C31H34BrN5O5.C31H35N5O5.C28H36N6O4/c1-31(2,3)42-30(40)37(17-20-12-14-22(15-13-20)21-8-5-4-6-9-21)29-34-27-26(33-19-36(27)18-25(38)39)28(35-29)41-24-11-7-10-23(32)16-24;1-31(2,3)41-30(39)36(18-21-14-16-23(17-15-21)22-10-6-4-7-11-22)29-33-27-26(32-20-35(27)19-25(37)38)28(34-29)40-24-12-8-5-9-13-24;1-5-15-29-24-23-25(33(18-30-23)17-22(35)36)32-26(31-24)34(27(37)38-28(2,3)4)16-19-11-13-21(14-12-19)20-9-7-6-8-10-20/h7,10-16,19,21H,4-6,8-9,17-18H2,1-3H3,(H,38,39);5,8-9,12-17,20,22H,4,6-7,10-11,18-19H2,1-3H3,(H,37,38);5,11-14,18,20H,1,6-10,15-17H2,2-4H3,(H,35,36)(H,29,31,32). The van der Waals surface area contributed by atoms with Gasteiger partial charge in [-0.25, -0.2) is 44.0 Å². The molecule has 6 heterocycles. The summed E-state index contributed by atoms with van der Waals surface area (Å²) in [7, 11) is 0. The molecule has 31 heteroatoms. The summed E-state index contributed by atoms with van der Waals surface area (Å²) in [5.74, 6) is 0.196. The van der Waals surface area contributed by atoms with Crippen LogP contribution in [0.25, 0.3) is 33.5 Å². The number of carboxylic acids is 3. The lowest BCUT2D eigenvalue weighted by atomic mass is 9.84. The van der Waals surface area contributed by atoms with Crippen LogP contribution in [0.2, 0.25) is 0 Å². The Morgan fingerprint density at radius 3 is 1.11 bits per heavy atom. The minimum absolute atomic E-state index is 0.00485. The van der Waals surface area contributed by atoms with Crippen LogP contribution in [0, 0.1) is 0 Å². The number of carbonyl (C=O) groups excluding carboxylic acids is 3. The zero-order chi connectivity index (χ0) is 86.1. The number of carbonyl (C=O) groups is 6. The number of rotatable bonds is 25. The Morgan fingerprint density at radius 2 is 0.769 bits per heavy atom. The van der Waals surface area contributed by atoms with Gasteiger partial charge < -0.3 is 58.0 Å². The monoisotopic (exact) mass is 1710 g/mol. The summed E-state index contributed by atoms with van der Waals surface area (Å²) in [5.41, 5.74) is 6.00. The Kier molecular flexibility index (Phi) is 28.8. The van der Waals surface area contributed by atoms with Crippen molar-refractivity contribution in [1.82, 2.24) is 58.6 Å². The lowest BCUT2D eigenvalue weighted by molar-refractivity contribution is -0.138. The highest BCUT2D eigenvalue weighted by molar-refractivity contribution is 9.10. The van der Waals surface area contributed by atoms with E-state index >= 15 is 0 Å². The van der Waals surface area contributed by atoms with Gasteiger partial charge in [0.1, 0.15) is 47.9 Å². The summed E-state index contributed by atoms with van der Waals surface area (Å²) in [5, 5.41) is 31.4. The van der Waals surface area contributed by atoms with E-state index in [1.165, 1.54) is 160 Å². The summed E-state index contributed by atoms with van der Waals surface area (Å²) in [4.78, 5) is 120. The van der Waals surface area contributed by atoms with E-state index in [1.54, 1.807) is 92.7 Å². The second-order valence-corrected chi connectivity index (χ2v) is 34.3. The Morgan fingerprint density at radius 1 is 0.438 bits per heavy atom. The largest absolute Gasteiger partial charge is 0.480 e. The SMILES string of the molecule is C=CCNc1nc(N(Cc2ccc(C3CCCCC3)cc2)C(=O)OC(C)(C)C)nc2c1ncn2CC(=O)O.CC(C)(C)OC(=O)N(Cc1ccc(C2CCCCC2)cc1)c1nc(Oc2cccc(Br)c2)c2ncn(CC(=O)O)c2n1.CC(C)(C)OC(=O)N(Cc1ccc(C2CCCCC2)cc1)c1nc(Oc2ccccc2)c2ncn(CC(=O)O)c2n1. The molecule has 121 heavy (non-hydrogen) atoms. The Hall–Kier alpha value is -12.4. The lowest BCUT2D eigenvalue weighted by Crippen LogP contribution is -2.37.